The van der Waals surface area contributed by atoms with E-state index in [-0.39, 0.29) is 0 Å². The fourth-order valence-electron chi connectivity index (χ4n) is 8.88. The van der Waals surface area contributed by atoms with E-state index >= 15 is 0 Å². The summed E-state index contributed by atoms with van der Waals surface area (Å²) in [5.74, 6) is 0. The average Bonchev–Trinajstić information content (AvgIpc) is 3.98. The minimum Gasteiger partial charge on any atom is -0.456 e. The highest BCUT2D eigenvalue weighted by atomic mass is 16.3. The van der Waals surface area contributed by atoms with Gasteiger partial charge in [0.05, 0.1) is 5.52 Å². The summed E-state index contributed by atoms with van der Waals surface area (Å²) in [6.07, 6.45) is 0. The Morgan fingerprint density at radius 1 is 0.351 bits per heavy atom. The van der Waals surface area contributed by atoms with Crippen LogP contribution in [0.1, 0.15) is 0 Å². The lowest BCUT2D eigenvalue weighted by Gasteiger charge is -2.21. The molecule has 4 heterocycles. The number of hydrogen-bond acceptors (Lipinski definition) is 5. The SMILES string of the molecule is c1ccc(-c2cccc(-c3cccc4c3[nH]c3ccccc34)c2-c2c(-c3cccc4oc5ccccc5c34)nnnc2-c2cccc3oc4ccccc4c23)cc1. The van der Waals surface area contributed by atoms with Gasteiger partial charge in [-0.05, 0) is 52.2 Å². The van der Waals surface area contributed by atoms with Crippen molar-refractivity contribution in [1.82, 2.24) is 20.4 Å². The molecule has 1 N–H and O–H groups in total. The summed E-state index contributed by atoms with van der Waals surface area (Å²) < 4.78 is 12.9. The van der Waals surface area contributed by atoms with Crippen LogP contribution in [0.25, 0.3) is 122 Å². The maximum atomic E-state index is 6.45. The highest BCUT2D eigenvalue weighted by Crippen LogP contribution is 2.51. The molecule has 0 amide bonds. The molecule has 8 aromatic carbocycles. The Bertz CT molecular complexity index is 3410. The average molecular weight is 731 g/mol. The Morgan fingerprint density at radius 3 is 1.53 bits per heavy atom. The van der Waals surface area contributed by atoms with Crippen LogP contribution in [0.4, 0.5) is 0 Å². The lowest BCUT2D eigenvalue weighted by molar-refractivity contribution is 0.668. The van der Waals surface area contributed by atoms with Gasteiger partial charge in [-0.3, -0.25) is 0 Å². The molecule has 0 aliphatic heterocycles. The number of fused-ring (bicyclic) bond motifs is 9. The van der Waals surface area contributed by atoms with Crippen molar-refractivity contribution in [2.45, 2.75) is 0 Å². The normalized spacial score (nSPS) is 11.9. The largest absolute Gasteiger partial charge is 0.456 e. The van der Waals surface area contributed by atoms with E-state index in [0.717, 1.165) is 105 Å². The minimum atomic E-state index is 0.704. The molecule has 0 saturated heterocycles. The smallest absolute Gasteiger partial charge is 0.136 e. The van der Waals surface area contributed by atoms with Crippen LogP contribution < -0.4 is 0 Å². The summed E-state index contributed by atoms with van der Waals surface area (Å²) in [5.41, 5.74) is 14.7. The molecule has 0 unspecified atom stereocenters. The summed E-state index contributed by atoms with van der Waals surface area (Å²) in [6.45, 7) is 0. The summed E-state index contributed by atoms with van der Waals surface area (Å²) in [4.78, 5) is 3.79. The summed E-state index contributed by atoms with van der Waals surface area (Å²) in [6, 6.07) is 60.9. The number of furan rings is 2. The number of rotatable bonds is 5. The number of aromatic amines is 1. The molecule has 266 valence electrons. The molecule has 12 aromatic rings. The Kier molecular flexibility index (Phi) is 6.83. The second-order valence-electron chi connectivity index (χ2n) is 14.4. The Hall–Kier alpha value is -7.83. The van der Waals surface area contributed by atoms with E-state index < -0.39 is 0 Å². The first kappa shape index (κ1) is 31.5. The third kappa shape index (κ3) is 4.74. The molecular formula is C51H30N4O2. The molecule has 57 heavy (non-hydrogen) atoms. The van der Waals surface area contributed by atoms with Gasteiger partial charge >= 0.3 is 0 Å². The number of aromatic nitrogens is 4. The van der Waals surface area contributed by atoms with Crippen molar-refractivity contribution in [3.8, 4) is 55.9 Å². The lowest BCUT2D eigenvalue weighted by atomic mass is 9.83. The summed E-state index contributed by atoms with van der Waals surface area (Å²) in [5, 5.41) is 20.9. The van der Waals surface area contributed by atoms with Crippen LogP contribution >= 0.6 is 0 Å². The van der Waals surface area contributed by atoms with Gasteiger partial charge in [0.2, 0.25) is 0 Å². The maximum absolute atomic E-state index is 6.45. The Morgan fingerprint density at radius 2 is 0.842 bits per heavy atom. The first-order valence-electron chi connectivity index (χ1n) is 19.0. The standard InChI is InChI=1S/C51H30N4O2/c1-2-14-30(15-3-1)31-19-10-20-33(35-22-11-21-34-32-16-4-7-25-40(32)52-49(34)35)47(31)48-50(38-23-12-28-43-45(38)36-17-5-8-26-41(36)56-43)53-55-54-51(48)39-24-13-29-44-46(39)37-18-6-9-27-42(37)57-44/h1-29,52H. The van der Waals surface area contributed by atoms with Crippen LogP contribution in [0.2, 0.25) is 0 Å². The van der Waals surface area contributed by atoms with Gasteiger partial charge in [0.1, 0.15) is 33.7 Å². The van der Waals surface area contributed by atoms with Crippen molar-refractivity contribution in [1.29, 1.82) is 0 Å². The number of benzene rings is 8. The van der Waals surface area contributed by atoms with E-state index in [4.69, 9.17) is 19.0 Å². The van der Waals surface area contributed by atoms with Crippen molar-refractivity contribution >= 4 is 65.7 Å². The van der Waals surface area contributed by atoms with E-state index in [1.54, 1.807) is 0 Å². The van der Waals surface area contributed by atoms with Crippen LogP contribution in [-0.2, 0) is 0 Å². The van der Waals surface area contributed by atoms with Crippen molar-refractivity contribution in [3.63, 3.8) is 0 Å². The topological polar surface area (TPSA) is 80.7 Å². The number of hydrogen-bond donors (Lipinski definition) is 1. The van der Waals surface area contributed by atoms with Crippen LogP contribution in [0.3, 0.4) is 0 Å². The molecule has 0 aliphatic rings. The lowest BCUT2D eigenvalue weighted by Crippen LogP contribution is -2.03. The van der Waals surface area contributed by atoms with Gasteiger partial charge in [-0.25, -0.2) is 0 Å². The van der Waals surface area contributed by atoms with Crippen molar-refractivity contribution in [2.75, 3.05) is 0 Å². The van der Waals surface area contributed by atoms with Gasteiger partial charge in [-0.2, -0.15) is 0 Å². The first-order valence-corrected chi connectivity index (χ1v) is 19.0. The Balaban J connectivity index is 1.28. The molecular weight excluding hydrogens is 701 g/mol. The molecule has 6 heteroatoms. The fourth-order valence-corrected chi connectivity index (χ4v) is 8.88. The highest BCUT2D eigenvalue weighted by molar-refractivity contribution is 6.19. The van der Waals surface area contributed by atoms with E-state index in [1.165, 1.54) is 5.39 Å². The molecule has 4 aromatic heterocycles. The predicted molar refractivity (Wildman–Crippen MR) is 231 cm³/mol. The van der Waals surface area contributed by atoms with Gasteiger partial charge in [0, 0.05) is 65.7 Å². The highest BCUT2D eigenvalue weighted by Gasteiger charge is 2.28. The van der Waals surface area contributed by atoms with Crippen LogP contribution in [-0.4, -0.2) is 20.4 Å². The quantitative estimate of drug-likeness (QED) is 0.191. The fraction of sp³-hybridized carbons (Fsp3) is 0. The minimum absolute atomic E-state index is 0.704. The van der Waals surface area contributed by atoms with E-state index in [9.17, 15) is 0 Å². The monoisotopic (exact) mass is 730 g/mol. The third-order valence-electron chi connectivity index (χ3n) is 11.3. The zero-order valence-corrected chi connectivity index (χ0v) is 30.4. The first-order chi connectivity index (χ1) is 28.3. The Labute approximate surface area is 325 Å². The van der Waals surface area contributed by atoms with Gasteiger partial charge in [-0.1, -0.05) is 146 Å². The van der Waals surface area contributed by atoms with Gasteiger partial charge in [0.25, 0.3) is 0 Å². The zero-order chi connectivity index (χ0) is 37.5. The molecule has 0 spiro atoms. The number of H-pyrrole nitrogens is 1. The van der Waals surface area contributed by atoms with Crippen LogP contribution in [0.5, 0.6) is 0 Å². The van der Waals surface area contributed by atoms with Crippen LogP contribution in [0.15, 0.2) is 185 Å². The van der Waals surface area contributed by atoms with Gasteiger partial charge < -0.3 is 13.8 Å². The summed E-state index contributed by atoms with van der Waals surface area (Å²) >= 11 is 0. The second-order valence-corrected chi connectivity index (χ2v) is 14.4. The summed E-state index contributed by atoms with van der Waals surface area (Å²) in [7, 11) is 0. The van der Waals surface area contributed by atoms with Crippen molar-refractivity contribution < 1.29 is 8.83 Å². The number of para-hydroxylation sites is 4. The van der Waals surface area contributed by atoms with Crippen molar-refractivity contribution in [3.05, 3.63) is 176 Å². The van der Waals surface area contributed by atoms with E-state index in [2.05, 4.69) is 125 Å². The molecule has 0 fully saturated rings. The molecule has 0 saturated carbocycles. The van der Waals surface area contributed by atoms with E-state index in [1.807, 2.05) is 60.7 Å². The molecule has 12 rings (SSSR count). The molecule has 0 radical (unpaired) electrons. The molecule has 0 atom stereocenters. The number of nitrogens with one attached hydrogen (secondary N) is 1. The maximum Gasteiger partial charge on any atom is 0.136 e. The molecule has 0 bridgehead atoms. The second kappa shape index (κ2) is 12.3. The molecule has 6 nitrogen and oxygen atoms in total. The predicted octanol–water partition coefficient (Wildman–Crippen LogP) is 13.6. The van der Waals surface area contributed by atoms with Gasteiger partial charge in [-0.15, -0.1) is 10.2 Å². The van der Waals surface area contributed by atoms with Crippen LogP contribution in [0, 0.1) is 0 Å². The van der Waals surface area contributed by atoms with E-state index in [0.29, 0.717) is 11.4 Å². The molecule has 0 aliphatic carbocycles. The third-order valence-corrected chi connectivity index (χ3v) is 11.3. The van der Waals surface area contributed by atoms with Crippen molar-refractivity contribution in [2.24, 2.45) is 0 Å². The van der Waals surface area contributed by atoms with Gasteiger partial charge in [0.15, 0.2) is 0 Å². The number of nitrogens with zero attached hydrogens (tertiary/aromatic N) is 3. The zero-order valence-electron chi connectivity index (χ0n) is 30.4.